The molecule has 0 saturated carbocycles. The summed E-state index contributed by atoms with van der Waals surface area (Å²) in [6, 6.07) is 5.01. The first-order valence-electron chi connectivity index (χ1n) is 7.31. The summed E-state index contributed by atoms with van der Waals surface area (Å²) in [5.41, 5.74) is 0.429. The van der Waals surface area contributed by atoms with Crippen LogP contribution in [-0.2, 0) is 4.74 Å². The van der Waals surface area contributed by atoms with Crippen LogP contribution in [0.1, 0.15) is 43.0 Å². The number of carbonyl (C=O) groups excluding carboxylic acids is 1. The van der Waals surface area contributed by atoms with Crippen LogP contribution in [0.5, 0.6) is 11.5 Å². The van der Waals surface area contributed by atoms with Crippen molar-refractivity contribution in [3.63, 3.8) is 0 Å². The van der Waals surface area contributed by atoms with Crippen LogP contribution in [0.25, 0.3) is 0 Å². The van der Waals surface area contributed by atoms with Crippen LogP contribution >= 0.6 is 0 Å². The van der Waals surface area contributed by atoms with Gasteiger partial charge in [0, 0.05) is 6.61 Å². The molecule has 0 spiro atoms. The standard InChI is InChI=1S/C16H24O5/c1-3-4-10-20-14-8-7-13(12-15(14)19-2)16(18)21-11-6-5-9-17/h7-8,12,17H,3-6,9-11H2,1-2H3. The molecule has 0 fully saturated rings. The van der Waals surface area contributed by atoms with Crippen molar-refractivity contribution in [1.29, 1.82) is 0 Å². The first kappa shape index (κ1) is 17.3. The third kappa shape index (κ3) is 6.04. The Hall–Kier alpha value is -1.75. The number of esters is 1. The molecule has 1 aromatic rings. The van der Waals surface area contributed by atoms with E-state index in [0.717, 1.165) is 12.8 Å². The first-order chi connectivity index (χ1) is 10.2. The van der Waals surface area contributed by atoms with Gasteiger partial charge in [0.2, 0.25) is 0 Å². The number of aliphatic hydroxyl groups excluding tert-OH is 1. The van der Waals surface area contributed by atoms with Gasteiger partial charge in [-0.2, -0.15) is 0 Å². The summed E-state index contributed by atoms with van der Waals surface area (Å²) >= 11 is 0. The van der Waals surface area contributed by atoms with Crippen molar-refractivity contribution in [2.45, 2.75) is 32.6 Å². The van der Waals surface area contributed by atoms with Gasteiger partial charge < -0.3 is 19.3 Å². The van der Waals surface area contributed by atoms with Gasteiger partial charge in [-0.05, 0) is 37.5 Å². The van der Waals surface area contributed by atoms with Crippen molar-refractivity contribution in [2.24, 2.45) is 0 Å². The summed E-state index contributed by atoms with van der Waals surface area (Å²) in [6.45, 7) is 3.12. The molecule has 1 N–H and O–H groups in total. The number of methoxy groups -OCH3 is 1. The largest absolute Gasteiger partial charge is 0.493 e. The fourth-order valence-corrected chi connectivity index (χ4v) is 1.70. The zero-order valence-corrected chi connectivity index (χ0v) is 12.8. The molecule has 0 radical (unpaired) electrons. The minimum atomic E-state index is -0.397. The third-order valence-corrected chi connectivity index (χ3v) is 2.94. The number of hydrogen-bond acceptors (Lipinski definition) is 5. The summed E-state index contributed by atoms with van der Waals surface area (Å²) in [5.74, 6) is 0.755. The molecule has 0 saturated heterocycles. The highest BCUT2D eigenvalue weighted by Crippen LogP contribution is 2.28. The number of benzene rings is 1. The molecule has 0 heterocycles. The normalized spacial score (nSPS) is 10.2. The molecule has 5 heteroatoms. The molecular weight excluding hydrogens is 272 g/mol. The van der Waals surface area contributed by atoms with E-state index in [0.29, 0.717) is 43.1 Å². The molecule has 0 unspecified atom stereocenters. The number of ether oxygens (including phenoxy) is 3. The quantitative estimate of drug-likeness (QED) is 0.531. The predicted octanol–water partition coefficient (Wildman–Crippen LogP) is 2.80. The molecule has 0 aliphatic heterocycles. The summed E-state index contributed by atoms with van der Waals surface area (Å²) in [6.07, 6.45) is 3.30. The van der Waals surface area contributed by atoms with Crippen molar-refractivity contribution >= 4 is 5.97 Å². The molecule has 0 amide bonds. The fraction of sp³-hybridized carbons (Fsp3) is 0.562. The number of hydrogen-bond donors (Lipinski definition) is 1. The van der Waals surface area contributed by atoms with E-state index in [-0.39, 0.29) is 6.61 Å². The monoisotopic (exact) mass is 296 g/mol. The zero-order chi connectivity index (χ0) is 15.5. The second-order valence-electron chi connectivity index (χ2n) is 4.63. The van der Waals surface area contributed by atoms with Crippen molar-refractivity contribution in [1.82, 2.24) is 0 Å². The number of aliphatic hydroxyl groups is 1. The van der Waals surface area contributed by atoms with Gasteiger partial charge in [0.1, 0.15) is 0 Å². The maximum atomic E-state index is 11.9. The van der Waals surface area contributed by atoms with Crippen LogP contribution in [0.4, 0.5) is 0 Å². The van der Waals surface area contributed by atoms with Gasteiger partial charge >= 0.3 is 5.97 Å². The molecule has 0 aliphatic rings. The summed E-state index contributed by atoms with van der Waals surface area (Å²) < 4.78 is 16.0. The fourth-order valence-electron chi connectivity index (χ4n) is 1.70. The van der Waals surface area contributed by atoms with Gasteiger partial charge in [0.15, 0.2) is 11.5 Å². The van der Waals surface area contributed by atoms with Crippen LogP contribution in [0, 0.1) is 0 Å². The van der Waals surface area contributed by atoms with E-state index in [1.54, 1.807) is 25.3 Å². The maximum Gasteiger partial charge on any atom is 0.338 e. The minimum absolute atomic E-state index is 0.106. The van der Waals surface area contributed by atoms with Gasteiger partial charge in [-0.1, -0.05) is 13.3 Å². The Labute approximate surface area is 125 Å². The Kier molecular flexibility index (Phi) is 8.28. The predicted molar refractivity (Wildman–Crippen MR) is 80.0 cm³/mol. The van der Waals surface area contributed by atoms with E-state index >= 15 is 0 Å². The Morgan fingerprint density at radius 3 is 2.62 bits per heavy atom. The zero-order valence-electron chi connectivity index (χ0n) is 12.8. The molecule has 0 bridgehead atoms. The van der Waals surface area contributed by atoms with Crippen molar-refractivity contribution in [2.75, 3.05) is 26.9 Å². The average molecular weight is 296 g/mol. The highest BCUT2D eigenvalue weighted by molar-refractivity contribution is 5.90. The van der Waals surface area contributed by atoms with Crippen LogP contribution < -0.4 is 9.47 Å². The Morgan fingerprint density at radius 2 is 1.95 bits per heavy atom. The summed E-state index contributed by atoms with van der Waals surface area (Å²) in [4.78, 5) is 11.9. The average Bonchev–Trinajstić information content (AvgIpc) is 2.51. The molecule has 0 aliphatic carbocycles. The number of unbranched alkanes of at least 4 members (excludes halogenated alkanes) is 2. The molecule has 0 atom stereocenters. The molecule has 5 nitrogen and oxygen atoms in total. The van der Waals surface area contributed by atoms with Gasteiger partial charge in [0.25, 0.3) is 0 Å². The van der Waals surface area contributed by atoms with Gasteiger partial charge in [-0.25, -0.2) is 4.79 Å². The van der Waals surface area contributed by atoms with Crippen LogP contribution in [0.3, 0.4) is 0 Å². The number of rotatable bonds is 10. The lowest BCUT2D eigenvalue weighted by Crippen LogP contribution is -2.07. The highest BCUT2D eigenvalue weighted by atomic mass is 16.5. The number of carbonyl (C=O) groups is 1. The van der Waals surface area contributed by atoms with Gasteiger partial charge in [-0.15, -0.1) is 0 Å². The van der Waals surface area contributed by atoms with E-state index in [1.807, 2.05) is 0 Å². The Bertz CT molecular complexity index is 431. The maximum absolute atomic E-state index is 11.9. The van der Waals surface area contributed by atoms with E-state index in [1.165, 1.54) is 0 Å². The molecule has 118 valence electrons. The van der Waals surface area contributed by atoms with E-state index in [4.69, 9.17) is 19.3 Å². The molecule has 1 rings (SSSR count). The van der Waals surface area contributed by atoms with E-state index < -0.39 is 5.97 Å². The second-order valence-corrected chi connectivity index (χ2v) is 4.63. The third-order valence-electron chi connectivity index (χ3n) is 2.94. The summed E-state index contributed by atoms with van der Waals surface area (Å²) in [5, 5.41) is 8.67. The van der Waals surface area contributed by atoms with Crippen molar-refractivity contribution < 1.29 is 24.1 Å². The van der Waals surface area contributed by atoms with Crippen LogP contribution in [-0.4, -0.2) is 38.0 Å². The first-order valence-corrected chi connectivity index (χ1v) is 7.31. The van der Waals surface area contributed by atoms with Crippen LogP contribution in [0.15, 0.2) is 18.2 Å². The Morgan fingerprint density at radius 1 is 1.14 bits per heavy atom. The highest BCUT2D eigenvalue weighted by Gasteiger charge is 2.12. The lowest BCUT2D eigenvalue weighted by molar-refractivity contribution is 0.0492. The Balaban J connectivity index is 2.61. The molecule has 21 heavy (non-hydrogen) atoms. The van der Waals surface area contributed by atoms with Crippen molar-refractivity contribution in [3.8, 4) is 11.5 Å². The van der Waals surface area contributed by atoms with E-state index in [2.05, 4.69) is 6.92 Å². The molecule has 1 aromatic carbocycles. The topological polar surface area (TPSA) is 65.0 Å². The smallest absolute Gasteiger partial charge is 0.338 e. The van der Waals surface area contributed by atoms with Crippen LogP contribution in [0.2, 0.25) is 0 Å². The molecular formula is C16H24O5. The molecule has 0 aromatic heterocycles. The van der Waals surface area contributed by atoms with E-state index in [9.17, 15) is 4.79 Å². The van der Waals surface area contributed by atoms with Gasteiger partial charge in [0.05, 0.1) is 25.9 Å². The lowest BCUT2D eigenvalue weighted by atomic mass is 10.2. The SMILES string of the molecule is CCCCOc1ccc(C(=O)OCCCCO)cc1OC. The van der Waals surface area contributed by atoms with Gasteiger partial charge in [-0.3, -0.25) is 0 Å². The summed E-state index contributed by atoms with van der Waals surface area (Å²) in [7, 11) is 1.54. The second kappa shape index (κ2) is 10.0. The van der Waals surface area contributed by atoms with Crippen molar-refractivity contribution in [3.05, 3.63) is 23.8 Å². The minimum Gasteiger partial charge on any atom is -0.493 e. The lowest BCUT2D eigenvalue weighted by Gasteiger charge is -2.11.